The monoisotopic (exact) mass is 489 g/mol. The molecule has 188 valence electrons. The Balaban J connectivity index is 1.41. The molecule has 4 aromatic rings. The number of pyridine rings is 1. The SMILES string of the molecule is CC[C@H]1CN2CC[C@H]1C[C@@H]2[C@H](NC(=O)C(c1ccccc1)c1ccccc1)c1ccnc2ccccc12. The van der Waals surface area contributed by atoms with Gasteiger partial charge >= 0.3 is 0 Å². The summed E-state index contributed by atoms with van der Waals surface area (Å²) < 4.78 is 0. The molecule has 4 heterocycles. The highest BCUT2D eigenvalue weighted by atomic mass is 16.2. The molecule has 37 heavy (non-hydrogen) atoms. The molecule has 5 atom stereocenters. The van der Waals surface area contributed by atoms with Crippen molar-refractivity contribution in [1.82, 2.24) is 15.2 Å². The number of carbonyl (C=O) groups is 1. The van der Waals surface area contributed by atoms with Crippen molar-refractivity contribution >= 4 is 16.8 Å². The number of rotatable bonds is 7. The third kappa shape index (κ3) is 4.67. The number of nitrogens with one attached hydrogen (secondary N) is 1. The lowest BCUT2D eigenvalue weighted by Crippen LogP contribution is -2.58. The number of piperidine rings is 3. The van der Waals surface area contributed by atoms with Crippen LogP contribution in [-0.2, 0) is 4.79 Å². The molecule has 3 saturated heterocycles. The van der Waals surface area contributed by atoms with E-state index in [0.29, 0.717) is 0 Å². The minimum atomic E-state index is -0.364. The molecule has 2 bridgehead atoms. The Labute approximate surface area is 219 Å². The number of nitrogens with zero attached hydrogens (tertiary/aromatic N) is 2. The number of fused-ring (bicyclic) bond motifs is 4. The van der Waals surface area contributed by atoms with Gasteiger partial charge in [-0.25, -0.2) is 0 Å². The molecule has 4 nitrogen and oxygen atoms in total. The first-order valence-corrected chi connectivity index (χ1v) is 13.7. The van der Waals surface area contributed by atoms with Crippen LogP contribution >= 0.6 is 0 Å². The maximum atomic E-state index is 14.3. The van der Waals surface area contributed by atoms with Gasteiger partial charge in [0.15, 0.2) is 0 Å². The Kier molecular flexibility index (Phi) is 6.75. The van der Waals surface area contributed by atoms with E-state index in [0.717, 1.165) is 53.4 Å². The summed E-state index contributed by atoms with van der Waals surface area (Å²) in [6.07, 6.45) is 5.52. The summed E-state index contributed by atoms with van der Waals surface area (Å²) >= 11 is 0. The van der Waals surface area contributed by atoms with Crippen molar-refractivity contribution in [3.05, 3.63) is 114 Å². The van der Waals surface area contributed by atoms with Crippen molar-refractivity contribution in [3.63, 3.8) is 0 Å². The van der Waals surface area contributed by atoms with E-state index in [1.54, 1.807) is 0 Å². The summed E-state index contributed by atoms with van der Waals surface area (Å²) in [7, 11) is 0. The Morgan fingerprint density at radius 2 is 1.62 bits per heavy atom. The van der Waals surface area contributed by atoms with Gasteiger partial charge in [0, 0.05) is 24.2 Å². The first-order chi connectivity index (χ1) is 18.2. The van der Waals surface area contributed by atoms with E-state index < -0.39 is 0 Å². The molecule has 1 amide bonds. The summed E-state index contributed by atoms with van der Waals surface area (Å²) in [6.45, 7) is 4.56. The topological polar surface area (TPSA) is 45.2 Å². The summed E-state index contributed by atoms with van der Waals surface area (Å²) in [4.78, 5) is 21.6. The van der Waals surface area contributed by atoms with Crippen molar-refractivity contribution in [3.8, 4) is 0 Å². The van der Waals surface area contributed by atoms with Crippen LogP contribution in [0.1, 0.15) is 54.8 Å². The maximum absolute atomic E-state index is 14.3. The van der Waals surface area contributed by atoms with Crippen LogP contribution in [0.2, 0.25) is 0 Å². The average Bonchev–Trinajstić information content (AvgIpc) is 2.97. The van der Waals surface area contributed by atoms with Gasteiger partial charge in [-0.2, -0.15) is 0 Å². The normalized spacial score (nSPS) is 23.7. The summed E-state index contributed by atoms with van der Waals surface area (Å²) in [5, 5.41) is 4.73. The summed E-state index contributed by atoms with van der Waals surface area (Å²) in [5.74, 6) is 1.18. The first-order valence-electron chi connectivity index (χ1n) is 13.7. The molecule has 4 heteroatoms. The highest BCUT2D eigenvalue weighted by Gasteiger charge is 2.44. The molecule has 3 aromatic carbocycles. The van der Waals surface area contributed by atoms with E-state index in [-0.39, 0.29) is 23.9 Å². The Morgan fingerprint density at radius 3 is 2.27 bits per heavy atom. The van der Waals surface area contributed by atoms with Crippen LogP contribution < -0.4 is 5.32 Å². The quantitative estimate of drug-likeness (QED) is 0.329. The molecule has 1 N–H and O–H groups in total. The Hall–Kier alpha value is -3.50. The van der Waals surface area contributed by atoms with Gasteiger partial charge in [0.2, 0.25) is 5.91 Å². The van der Waals surface area contributed by atoms with Gasteiger partial charge in [-0.1, -0.05) is 92.2 Å². The lowest BCUT2D eigenvalue weighted by Gasteiger charge is -2.52. The third-order valence-electron chi connectivity index (χ3n) is 8.69. The lowest BCUT2D eigenvalue weighted by molar-refractivity contribution is -0.123. The van der Waals surface area contributed by atoms with Crippen LogP contribution in [-0.4, -0.2) is 34.9 Å². The molecular formula is C33H35N3O. The second kappa shape index (κ2) is 10.5. The highest BCUT2D eigenvalue weighted by Crippen LogP contribution is 2.43. The van der Waals surface area contributed by atoms with E-state index in [2.05, 4.69) is 70.7 Å². The van der Waals surface area contributed by atoms with Crippen LogP contribution in [0.25, 0.3) is 10.9 Å². The fourth-order valence-corrected chi connectivity index (χ4v) is 6.78. The largest absolute Gasteiger partial charge is 0.347 e. The molecule has 7 rings (SSSR count). The fourth-order valence-electron chi connectivity index (χ4n) is 6.78. The van der Waals surface area contributed by atoms with Gasteiger partial charge in [0.25, 0.3) is 0 Å². The molecule has 3 aliphatic rings. The second-order valence-electron chi connectivity index (χ2n) is 10.7. The smallest absolute Gasteiger partial charge is 0.232 e. The second-order valence-corrected chi connectivity index (χ2v) is 10.7. The van der Waals surface area contributed by atoms with E-state index in [9.17, 15) is 4.79 Å². The van der Waals surface area contributed by atoms with Crippen LogP contribution in [0.15, 0.2) is 97.2 Å². The van der Waals surface area contributed by atoms with E-state index in [1.165, 1.54) is 18.4 Å². The number of hydrogen-bond acceptors (Lipinski definition) is 3. The molecule has 0 radical (unpaired) electrons. The fraction of sp³-hybridized carbons (Fsp3) is 0.333. The Morgan fingerprint density at radius 1 is 0.946 bits per heavy atom. The van der Waals surface area contributed by atoms with E-state index >= 15 is 0 Å². The molecule has 0 saturated carbocycles. The van der Waals surface area contributed by atoms with Gasteiger partial charge in [-0.3, -0.25) is 14.7 Å². The molecule has 0 aliphatic carbocycles. The third-order valence-corrected chi connectivity index (χ3v) is 8.69. The molecule has 0 spiro atoms. The molecular weight excluding hydrogens is 454 g/mol. The molecule has 3 aliphatic heterocycles. The highest BCUT2D eigenvalue weighted by molar-refractivity contribution is 5.89. The summed E-state index contributed by atoms with van der Waals surface area (Å²) in [6, 6.07) is 30.9. The van der Waals surface area contributed by atoms with Gasteiger partial charge in [0.05, 0.1) is 17.5 Å². The van der Waals surface area contributed by atoms with Crippen molar-refractivity contribution in [1.29, 1.82) is 0 Å². The number of carbonyl (C=O) groups excluding carboxylic acids is 1. The zero-order valence-electron chi connectivity index (χ0n) is 21.5. The van der Waals surface area contributed by atoms with Crippen molar-refractivity contribution in [2.75, 3.05) is 13.1 Å². The average molecular weight is 490 g/mol. The summed E-state index contributed by atoms with van der Waals surface area (Å²) in [5.41, 5.74) is 4.18. The van der Waals surface area contributed by atoms with E-state index in [4.69, 9.17) is 0 Å². The first kappa shape index (κ1) is 23.9. The number of benzene rings is 3. The predicted molar refractivity (Wildman–Crippen MR) is 149 cm³/mol. The van der Waals surface area contributed by atoms with Crippen LogP contribution in [0, 0.1) is 11.8 Å². The number of hydrogen-bond donors (Lipinski definition) is 1. The molecule has 1 unspecified atom stereocenters. The zero-order valence-corrected chi connectivity index (χ0v) is 21.5. The standard InChI is InChI=1S/C33H35N3O/c1-2-23-22-36-20-18-26(23)21-30(36)32(28-17-19-34-29-16-10-9-15-27(28)29)35-33(37)31(24-11-5-3-6-12-24)25-13-7-4-8-14-25/h3-17,19,23,26,30-32H,2,18,20-22H2,1H3,(H,35,37)/t23-,26-,30+,32+/m0/s1. The van der Waals surface area contributed by atoms with Gasteiger partial charge < -0.3 is 5.32 Å². The molecule has 1 aromatic heterocycles. The van der Waals surface area contributed by atoms with Gasteiger partial charge in [0.1, 0.15) is 0 Å². The van der Waals surface area contributed by atoms with Crippen LogP contribution in [0.4, 0.5) is 0 Å². The number of aromatic nitrogens is 1. The van der Waals surface area contributed by atoms with Crippen LogP contribution in [0.5, 0.6) is 0 Å². The zero-order chi connectivity index (χ0) is 25.2. The van der Waals surface area contributed by atoms with Crippen molar-refractivity contribution in [2.24, 2.45) is 11.8 Å². The minimum absolute atomic E-state index is 0.0537. The number of amides is 1. The van der Waals surface area contributed by atoms with E-state index in [1.807, 2.05) is 48.7 Å². The minimum Gasteiger partial charge on any atom is -0.347 e. The predicted octanol–water partition coefficient (Wildman–Crippen LogP) is 6.34. The van der Waals surface area contributed by atoms with Gasteiger partial charge in [-0.15, -0.1) is 0 Å². The van der Waals surface area contributed by atoms with Crippen molar-refractivity contribution < 1.29 is 4.79 Å². The van der Waals surface area contributed by atoms with Crippen LogP contribution in [0.3, 0.4) is 0 Å². The Bertz CT molecular complexity index is 1310. The maximum Gasteiger partial charge on any atom is 0.232 e. The number of para-hydroxylation sites is 1. The lowest BCUT2D eigenvalue weighted by atomic mass is 9.72. The molecule has 3 fully saturated rings. The van der Waals surface area contributed by atoms with Gasteiger partial charge in [-0.05, 0) is 60.0 Å². The van der Waals surface area contributed by atoms with Crippen molar-refractivity contribution in [2.45, 2.75) is 44.2 Å².